The van der Waals surface area contributed by atoms with Crippen LogP contribution < -0.4 is 41.8 Å². The fourth-order valence-electron chi connectivity index (χ4n) is 13.5. The number of nitrogens with one attached hydrogen (secondary N) is 6. The summed E-state index contributed by atoms with van der Waals surface area (Å²) in [5.41, 5.74) is 7.29. The summed E-state index contributed by atoms with van der Waals surface area (Å²) in [4.78, 5) is 191. The predicted octanol–water partition coefficient (Wildman–Crippen LogP) is 8.52. The Kier molecular flexibility index (Phi) is 66.3. The molecule has 0 spiro atoms. The van der Waals surface area contributed by atoms with E-state index >= 15 is 0 Å². The minimum Gasteiger partial charge on any atom is -0.494 e. The van der Waals surface area contributed by atoms with Gasteiger partial charge in [-0.2, -0.15) is 0 Å². The van der Waals surface area contributed by atoms with Gasteiger partial charge >= 0.3 is 29.8 Å². The van der Waals surface area contributed by atoms with Gasteiger partial charge in [-0.1, -0.05) is 89.9 Å². The second-order valence-corrected chi connectivity index (χ2v) is 32.1. The molecule has 13 N–H and O–H groups in total. The molecule has 0 fully saturated rings. The first-order valence-corrected chi connectivity index (χ1v) is 46.2. The quantitative estimate of drug-likeness (QED) is 0.0235. The molecule has 0 bridgehead atoms. The summed E-state index contributed by atoms with van der Waals surface area (Å²) in [5.74, 6) is -10.1. The molecule has 0 unspecified atom stereocenters. The largest absolute Gasteiger partial charge is 0.494 e. The summed E-state index contributed by atoms with van der Waals surface area (Å²) in [6, 6.07) is 10.5. The van der Waals surface area contributed by atoms with Gasteiger partial charge in [0.05, 0.1) is 115 Å². The number of nitrogens with two attached hydrogens (primary N) is 1. The number of aliphatic carboxylic acids is 3. The van der Waals surface area contributed by atoms with Crippen molar-refractivity contribution in [1.29, 1.82) is 0 Å². The van der Waals surface area contributed by atoms with Crippen LogP contribution in [-0.4, -0.2) is 281 Å². The van der Waals surface area contributed by atoms with Crippen molar-refractivity contribution in [3.8, 4) is 11.5 Å². The minimum atomic E-state index is -1.20. The fourth-order valence-corrected chi connectivity index (χ4v) is 13.5. The molecule has 0 saturated carbocycles. The van der Waals surface area contributed by atoms with Gasteiger partial charge in [0, 0.05) is 121 Å². The van der Waals surface area contributed by atoms with Crippen molar-refractivity contribution in [3.05, 3.63) is 77.9 Å². The van der Waals surface area contributed by atoms with Crippen LogP contribution in [0, 0.1) is 17.8 Å². The number of ketones is 5. The highest BCUT2D eigenvalue weighted by Gasteiger charge is 2.30. The molecule has 5 amide bonds. The molecule has 736 valence electrons. The Hall–Kier alpha value is -10.1. The van der Waals surface area contributed by atoms with E-state index in [1.54, 1.807) is 24.3 Å². The van der Waals surface area contributed by atoms with E-state index in [4.69, 9.17) is 63.3 Å². The summed E-state index contributed by atoms with van der Waals surface area (Å²) in [7, 11) is 0. The van der Waals surface area contributed by atoms with E-state index in [2.05, 4.69) is 36.6 Å². The van der Waals surface area contributed by atoms with E-state index < -0.39 is 71.4 Å². The Morgan fingerprint density at radius 2 is 0.733 bits per heavy atom. The number of carboxylic acid groups (broad SMARTS) is 5. The number of amides is 5. The zero-order valence-electron chi connectivity index (χ0n) is 76.1. The molecule has 38 heteroatoms. The maximum atomic E-state index is 13.8. The molecule has 0 saturated heterocycles. The lowest BCUT2D eigenvalue weighted by Crippen LogP contribution is -2.41. The molecule has 0 radical (unpaired) electrons. The monoisotopic (exact) mass is 1850 g/mol. The maximum Gasteiger partial charge on any atom is 0.335 e. The lowest BCUT2D eigenvalue weighted by atomic mass is 9.84. The predicted molar refractivity (Wildman–Crippen MR) is 479 cm³/mol. The lowest BCUT2D eigenvalue weighted by Gasteiger charge is -2.20. The van der Waals surface area contributed by atoms with Crippen molar-refractivity contribution in [1.82, 2.24) is 36.6 Å². The first-order chi connectivity index (χ1) is 63.3. The summed E-state index contributed by atoms with van der Waals surface area (Å²) in [6.45, 7) is 3.06. The van der Waals surface area contributed by atoms with E-state index in [1.165, 1.54) is 36.8 Å². The van der Waals surface area contributed by atoms with Crippen molar-refractivity contribution in [2.24, 2.45) is 23.5 Å². The summed E-state index contributed by atoms with van der Waals surface area (Å²) >= 11 is 0. The van der Waals surface area contributed by atoms with Gasteiger partial charge in [-0.25, -0.2) is 19.4 Å². The number of unbranched alkanes of at least 4 members (excludes halogenated alkanes) is 16. The molecule has 131 heavy (non-hydrogen) atoms. The minimum absolute atomic E-state index is 0.0113. The first kappa shape index (κ1) is 115. The Labute approximate surface area is 767 Å². The number of benzene rings is 2. The average Bonchev–Trinajstić information content (AvgIpc) is 1.71. The van der Waals surface area contributed by atoms with E-state index in [1.807, 2.05) is 0 Å². The number of Topliss-reactive ketones (excluding diaryl/α,β-unsaturated/α-hetero) is 5. The average molecular weight is 1850 g/mol. The number of rotatable bonds is 90. The van der Waals surface area contributed by atoms with Gasteiger partial charge in [0.1, 0.15) is 61.3 Å². The number of carbonyl (C=O) groups is 15. The molecule has 5 atom stereocenters. The van der Waals surface area contributed by atoms with E-state index in [0.717, 1.165) is 89.9 Å². The zero-order valence-corrected chi connectivity index (χ0v) is 76.1. The molecule has 0 aliphatic rings. The van der Waals surface area contributed by atoms with E-state index in [-0.39, 0.29) is 273 Å². The molecule has 1 aromatic heterocycles. The number of aromatic nitrogens is 2. The molecule has 1 heterocycles. The second-order valence-electron chi connectivity index (χ2n) is 32.1. The number of nitrogens with zero attached hydrogens (tertiary/aromatic N) is 1. The standard InChI is InChI=1S/C93H144N8O30/c94-80(62-74-63-95-68-100-74)83(106)60-71(23-15-17-41-96-86(109)65-127-56-52-123-46-22-27-77(104)64-126-55-53-124-49-43-98-84(107)40-33-73(92(118)119)59-76(103)25-13-9-5-1-3-7-11-19-47-130-78-35-29-69(30-36-78)89(112)113)82(105)61-72(91(116)117)24-16-18-42-97-87(110)66-129-58-54-125-50-44-99-88(111)67-128-57-51-122-45-21-26-75(102)34-39-81(93(120)121)101-85(108)28-14-10-6-2-4-8-12-20-48-131-79-37-31-70(32-38-79)90(114)115/h29-32,35-38,63,68,71-73,80-81H,1-28,33-34,39-62,64-67,94H2,(H,95,100)(H,96,109)(H,97,110)(H,98,107)(H,99,111)(H,101,108)(H,112,113)(H,114,115)(H,116,117)(H,118,119)(H,120,121)/t71-,72-,73-,80+,81+/m1/s1. The number of carboxylic acids is 5. The normalized spacial score (nSPS) is 12.3. The number of aromatic carboxylic acids is 2. The number of imidazole rings is 1. The smallest absolute Gasteiger partial charge is 0.335 e. The third-order valence-electron chi connectivity index (χ3n) is 21.1. The lowest BCUT2D eigenvalue weighted by molar-refractivity contribution is -0.145. The fraction of sp³-hybridized carbons (Fsp3) is 0.677. The summed E-state index contributed by atoms with van der Waals surface area (Å²) < 4.78 is 54.8. The van der Waals surface area contributed by atoms with Crippen LogP contribution in [0.2, 0.25) is 0 Å². The first-order valence-electron chi connectivity index (χ1n) is 46.2. The SMILES string of the molecule is N[C@@H](Cc1cnc[nH]1)C(=O)C[C@@H](CCCCNC(=O)COCCOCCCC(=O)COCCOCCNC(=O)CC[C@H](CC(=O)CCCCCCCCCCOc1ccc(C(=O)O)cc1)C(=O)O)C(=O)C[C@@H](CCCCNC(=O)COCCOCCNC(=O)COCCOCCCC(=O)CC[C@H](NC(=O)CCCCCCCCCCOc1ccc(C(=O)O)cc1)C(=O)O)C(=O)O. The second kappa shape index (κ2) is 75.5. The molecule has 2 aromatic carbocycles. The molecule has 3 rings (SSSR count). The topological polar surface area (TPSA) is 564 Å². The van der Waals surface area contributed by atoms with E-state index in [0.29, 0.717) is 88.2 Å². The zero-order chi connectivity index (χ0) is 95.5. The van der Waals surface area contributed by atoms with Crippen LogP contribution in [0.15, 0.2) is 61.1 Å². The Bertz CT molecular complexity index is 3740. The highest BCUT2D eigenvalue weighted by molar-refractivity contribution is 5.92. The van der Waals surface area contributed by atoms with Gasteiger partial charge in [0.25, 0.3) is 0 Å². The van der Waals surface area contributed by atoms with Crippen LogP contribution in [0.1, 0.15) is 251 Å². The number of aromatic amines is 1. The van der Waals surface area contributed by atoms with Crippen LogP contribution in [-0.2, 0) is 107 Å². The van der Waals surface area contributed by atoms with Crippen LogP contribution in [0.5, 0.6) is 11.5 Å². The van der Waals surface area contributed by atoms with Crippen LogP contribution >= 0.6 is 0 Å². The third kappa shape index (κ3) is 62.8. The maximum absolute atomic E-state index is 13.8. The van der Waals surface area contributed by atoms with Crippen molar-refractivity contribution in [2.75, 3.05) is 145 Å². The number of H-pyrrole nitrogens is 1. The summed E-state index contributed by atoms with van der Waals surface area (Å²) in [5, 5.41) is 60.8. The Morgan fingerprint density at radius 1 is 0.328 bits per heavy atom. The van der Waals surface area contributed by atoms with Crippen molar-refractivity contribution >= 4 is 88.3 Å². The molecule has 0 aliphatic heterocycles. The highest BCUT2D eigenvalue weighted by Crippen LogP contribution is 2.25. The van der Waals surface area contributed by atoms with Gasteiger partial charge in [0.2, 0.25) is 29.5 Å². The van der Waals surface area contributed by atoms with Crippen molar-refractivity contribution < 1.29 is 145 Å². The molecular weight excluding hydrogens is 1710 g/mol. The number of ether oxygens (including phenoxy) is 10. The molecule has 3 aromatic rings. The van der Waals surface area contributed by atoms with Crippen LogP contribution in [0.4, 0.5) is 0 Å². The Balaban J connectivity index is 1.12. The number of hydrogen-bond donors (Lipinski definition) is 12. The molecule has 0 aliphatic carbocycles. The van der Waals surface area contributed by atoms with Gasteiger partial charge in [0.15, 0.2) is 11.6 Å². The van der Waals surface area contributed by atoms with Gasteiger partial charge in [-0.3, -0.25) is 57.5 Å². The van der Waals surface area contributed by atoms with Gasteiger partial charge in [-0.05, 0) is 126 Å². The van der Waals surface area contributed by atoms with Gasteiger partial charge in [-0.15, -0.1) is 0 Å². The third-order valence-corrected chi connectivity index (χ3v) is 21.1. The van der Waals surface area contributed by atoms with Crippen molar-refractivity contribution in [2.45, 2.75) is 243 Å². The van der Waals surface area contributed by atoms with Crippen molar-refractivity contribution in [3.63, 3.8) is 0 Å². The van der Waals surface area contributed by atoms with Crippen LogP contribution in [0.25, 0.3) is 0 Å². The highest BCUT2D eigenvalue weighted by atomic mass is 16.5. The van der Waals surface area contributed by atoms with Gasteiger partial charge < -0.3 is 110 Å². The number of hydrogen-bond acceptors (Lipinski definition) is 27. The number of carbonyl (C=O) groups excluding carboxylic acids is 10. The van der Waals surface area contributed by atoms with E-state index in [9.17, 15) is 87.2 Å². The van der Waals surface area contributed by atoms with Crippen LogP contribution in [0.3, 0.4) is 0 Å². The Morgan fingerprint density at radius 3 is 1.20 bits per heavy atom. The summed E-state index contributed by atoms with van der Waals surface area (Å²) in [6.07, 6.45) is 21.2. The molecule has 38 nitrogen and oxygen atoms in total. The molecular formula is C93H144N8O30.